The average molecular weight is 373 g/mol. The second kappa shape index (κ2) is 8.86. The Balaban J connectivity index is 1.58. The van der Waals surface area contributed by atoms with Crippen LogP contribution in [0.3, 0.4) is 0 Å². The fourth-order valence-corrected chi connectivity index (χ4v) is 3.20. The molecule has 0 bridgehead atoms. The second-order valence-corrected chi connectivity index (χ2v) is 6.44. The van der Waals surface area contributed by atoms with E-state index < -0.39 is 0 Å². The number of hydrogen-bond acceptors (Lipinski definition) is 4. The number of hydrogen-bond donors (Lipinski definition) is 0. The van der Waals surface area contributed by atoms with Crippen LogP contribution >= 0.6 is 0 Å². The number of rotatable bonds is 6. The molecule has 0 radical (unpaired) electrons. The predicted octanol–water partition coefficient (Wildman–Crippen LogP) is 3.38. The molecule has 1 atom stereocenters. The van der Waals surface area contributed by atoms with E-state index >= 15 is 0 Å². The third-order valence-electron chi connectivity index (χ3n) is 4.74. The van der Waals surface area contributed by atoms with Crippen molar-refractivity contribution in [3.8, 4) is 11.5 Å². The molecule has 3 rings (SSSR count). The summed E-state index contributed by atoms with van der Waals surface area (Å²) in [5, 5.41) is 0. The third-order valence-corrected chi connectivity index (χ3v) is 4.74. The Morgan fingerprint density at radius 1 is 1.15 bits per heavy atom. The normalized spacial score (nSPS) is 16.9. The van der Waals surface area contributed by atoms with E-state index in [1.165, 1.54) is 12.1 Å². The van der Waals surface area contributed by atoms with Gasteiger partial charge in [-0.1, -0.05) is 18.2 Å². The molecule has 0 aliphatic carbocycles. The van der Waals surface area contributed by atoms with Crippen LogP contribution < -0.4 is 9.47 Å². The Labute approximate surface area is 158 Å². The molecular formula is C21H24FNO4. The molecule has 144 valence electrons. The van der Waals surface area contributed by atoms with Crippen molar-refractivity contribution in [2.24, 2.45) is 0 Å². The molecule has 1 saturated heterocycles. The lowest BCUT2D eigenvalue weighted by Gasteiger charge is -2.33. The molecule has 0 spiro atoms. The number of morpholine rings is 1. The quantitative estimate of drug-likeness (QED) is 0.779. The summed E-state index contributed by atoms with van der Waals surface area (Å²) in [6, 6.07) is 11.9. The number of nitrogens with zero attached hydrogens (tertiary/aromatic N) is 1. The van der Waals surface area contributed by atoms with Gasteiger partial charge in [0.25, 0.3) is 0 Å². The summed E-state index contributed by atoms with van der Waals surface area (Å²) < 4.78 is 29.4. The molecule has 1 aliphatic rings. The van der Waals surface area contributed by atoms with Crippen molar-refractivity contribution in [1.82, 2.24) is 4.90 Å². The van der Waals surface area contributed by atoms with Gasteiger partial charge in [-0.25, -0.2) is 4.39 Å². The van der Waals surface area contributed by atoms with Gasteiger partial charge >= 0.3 is 0 Å². The van der Waals surface area contributed by atoms with Crippen LogP contribution in [0, 0.1) is 5.82 Å². The Morgan fingerprint density at radius 2 is 1.89 bits per heavy atom. The molecule has 1 fully saturated rings. The highest BCUT2D eigenvalue weighted by Gasteiger charge is 2.25. The number of ether oxygens (including phenoxy) is 3. The summed E-state index contributed by atoms with van der Waals surface area (Å²) in [7, 11) is 3.19. The van der Waals surface area contributed by atoms with Crippen molar-refractivity contribution in [3.05, 3.63) is 59.4 Å². The molecule has 2 aromatic rings. The lowest BCUT2D eigenvalue weighted by atomic mass is 10.1. The maximum Gasteiger partial charge on any atom is 0.223 e. The molecule has 0 saturated carbocycles. The average Bonchev–Trinajstić information content (AvgIpc) is 2.72. The number of carbonyl (C=O) groups is 1. The van der Waals surface area contributed by atoms with Gasteiger partial charge in [-0.05, 0) is 41.8 Å². The zero-order valence-electron chi connectivity index (χ0n) is 15.6. The zero-order valence-corrected chi connectivity index (χ0v) is 15.6. The number of halogens is 1. The molecule has 5 nitrogen and oxygen atoms in total. The first-order chi connectivity index (χ1) is 13.1. The van der Waals surface area contributed by atoms with Gasteiger partial charge in [0, 0.05) is 13.0 Å². The van der Waals surface area contributed by atoms with Crippen molar-refractivity contribution >= 4 is 5.91 Å². The van der Waals surface area contributed by atoms with E-state index in [4.69, 9.17) is 14.2 Å². The van der Waals surface area contributed by atoms with Crippen LogP contribution in [0.4, 0.5) is 4.39 Å². The molecule has 0 N–H and O–H groups in total. The van der Waals surface area contributed by atoms with Gasteiger partial charge in [0.15, 0.2) is 11.5 Å². The molecular weight excluding hydrogens is 349 g/mol. The van der Waals surface area contributed by atoms with Gasteiger partial charge in [-0.2, -0.15) is 0 Å². The van der Waals surface area contributed by atoms with Crippen molar-refractivity contribution in [2.45, 2.75) is 18.9 Å². The van der Waals surface area contributed by atoms with E-state index in [2.05, 4.69) is 0 Å². The first-order valence-corrected chi connectivity index (χ1v) is 8.96. The van der Waals surface area contributed by atoms with Crippen LogP contribution in [-0.4, -0.2) is 44.7 Å². The fraction of sp³-hybridized carbons (Fsp3) is 0.381. The van der Waals surface area contributed by atoms with E-state index in [0.29, 0.717) is 44.0 Å². The Kier molecular flexibility index (Phi) is 6.29. The Hall–Kier alpha value is -2.60. The summed E-state index contributed by atoms with van der Waals surface area (Å²) in [4.78, 5) is 14.5. The number of aryl methyl sites for hydroxylation is 1. The summed E-state index contributed by atoms with van der Waals surface area (Å²) >= 11 is 0. The molecule has 27 heavy (non-hydrogen) atoms. The summed E-state index contributed by atoms with van der Waals surface area (Å²) in [6.07, 6.45) is 0.813. The van der Waals surface area contributed by atoms with Crippen LogP contribution in [-0.2, 0) is 16.0 Å². The van der Waals surface area contributed by atoms with Crippen LogP contribution in [0.2, 0.25) is 0 Å². The molecule has 2 aromatic carbocycles. The summed E-state index contributed by atoms with van der Waals surface area (Å²) in [5.41, 5.74) is 1.90. The Bertz CT molecular complexity index is 778. The van der Waals surface area contributed by atoms with Gasteiger partial charge in [0.2, 0.25) is 5.91 Å². The van der Waals surface area contributed by atoms with E-state index in [-0.39, 0.29) is 17.8 Å². The van der Waals surface area contributed by atoms with Crippen LogP contribution in [0.25, 0.3) is 0 Å². The summed E-state index contributed by atoms with van der Waals surface area (Å²) in [5.74, 6) is 1.13. The molecule has 1 unspecified atom stereocenters. The first kappa shape index (κ1) is 19.2. The fourth-order valence-electron chi connectivity index (χ4n) is 3.20. The minimum Gasteiger partial charge on any atom is -0.493 e. The zero-order chi connectivity index (χ0) is 19.2. The molecule has 6 heteroatoms. The smallest absolute Gasteiger partial charge is 0.223 e. The maximum absolute atomic E-state index is 13.1. The lowest BCUT2D eigenvalue weighted by Crippen LogP contribution is -2.42. The van der Waals surface area contributed by atoms with Crippen LogP contribution in [0.15, 0.2) is 42.5 Å². The highest BCUT2D eigenvalue weighted by Crippen LogP contribution is 2.28. The number of methoxy groups -OCH3 is 2. The van der Waals surface area contributed by atoms with Crippen LogP contribution in [0.5, 0.6) is 11.5 Å². The van der Waals surface area contributed by atoms with Gasteiger partial charge in [0.1, 0.15) is 11.9 Å². The SMILES string of the molecule is COc1ccc(CCC(=O)N2CCOC(c3ccc(F)cc3)C2)cc1OC. The van der Waals surface area contributed by atoms with Crippen LogP contribution in [0.1, 0.15) is 23.7 Å². The van der Waals surface area contributed by atoms with E-state index in [1.807, 2.05) is 23.1 Å². The third kappa shape index (κ3) is 4.77. The van der Waals surface area contributed by atoms with Crippen molar-refractivity contribution in [1.29, 1.82) is 0 Å². The van der Waals surface area contributed by atoms with E-state index in [9.17, 15) is 9.18 Å². The minimum absolute atomic E-state index is 0.0835. The molecule has 1 amide bonds. The molecule has 1 heterocycles. The number of benzene rings is 2. The van der Waals surface area contributed by atoms with Gasteiger partial charge in [0.05, 0.1) is 27.4 Å². The standard InChI is InChI=1S/C21H24FNO4/c1-25-18-9-3-15(13-19(18)26-2)4-10-21(24)23-11-12-27-20(14-23)16-5-7-17(22)8-6-16/h3,5-9,13,20H,4,10-12,14H2,1-2H3. The largest absolute Gasteiger partial charge is 0.493 e. The van der Waals surface area contributed by atoms with Gasteiger partial charge in [-0.15, -0.1) is 0 Å². The molecule has 0 aromatic heterocycles. The minimum atomic E-state index is -0.280. The topological polar surface area (TPSA) is 48.0 Å². The maximum atomic E-state index is 13.1. The lowest BCUT2D eigenvalue weighted by molar-refractivity contribution is -0.139. The highest BCUT2D eigenvalue weighted by molar-refractivity contribution is 5.76. The van der Waals surface area contributed by atoms with E-state index in [1.54, 1.807) is 26.4 Å². The summed E-state index contributed by atoms with van der Waals surface area (Å²) in [6.45, 7) is 1.53. The van der Waals surface area contributed by atoms with Crippen molar-refractivity contribution < 1.29 is 23.4 Å². The van der Waals surface area contributed by atoms with Crippen molar-refractivity contribution in [3.63, 3.8) is 0 Å². The monoisotopic (exact) mass is 373 g/mol. The first-order valence-electron chi connectivity index (χ1n) is 8.96. The number of carbonyl (C=O) groups excluding carboxylic acids is 1. The van der Waals surface area contributed by atoms with Crippen molar-refractivity contribution in [2.75, 3.05) is 33.9 Å². The highest BCUT2D eigenvalue weighted by atomic mass is 19.1. The van der Waals surface area contributed by atoms with Gasteiger partial charge < -0.3 is 19.1 Å². The van der Waals surface area contributed by atoms with Gasteiger partial charge in [-0.3, -0.25) is 4.79 Å². The number of amides is 1. The molecule has 1 aliphatic heterocycles. The predicted molar refractivity (Wildman–Crippen MR) is 99.5 cm³/mol. The Morgan fingerprint density at radius 3 is 2.59 bits per heavy atom. The second-order valence-electron chi connectivity index (χ2n) is 6.44. The van der Waals surface area contributed by atoms with E-state index in [0.717, 1.165) is 11.1 Å².